The van der Waals surface area contributed by atoms with E-state index >= 15 is 0 Å². The van der Waals surface area contributed by atoms with Gasteiger partial charge >= 0.3 is 6.03 Å². The first kappa shape index (κ1) is 14.9. The van der Waals surface area contributed by atoms with Gasteiger partial charge < -0.3 is 15.1 Å². The van der Waals surface area contributed by atoms with E-state index in [1.807, 2.05) is 34.1 Å². The minimum atomic E-state index is -0.0244. The Balaban J connectivity index is 1.61. The number of hydrogen-bond donors (Lipinski definition) is 1. The van der Waals surface area contributed by atoms with Gasteiger partial charge in [0.15, 0.2) is 0 Å². The molecule has 2 heterocycles. The van der Waals surface area contributed by atoms with Crippen LogP contribution in [0.2, 0.25) is 0 Å². The van der Waals surface area contributed by atoms with Crippen LogP contribution in [0.15, 0.2) is 24.3 Å². The fraction of sp³-hybridized carbons (Fsp3) is 0.529. The quantitative estimate of drug-likeness (QED) is 0.933. The Bertz CT molecular complexity index is 553. The van der Waals surface area contributed by atoms with Gasteiger partial charge in [0, 0.05) is 38.3 Å². The van der Waals surface area contributed by atoms with E-state index < -0.39 is 0 Å². The van der Waals surface area contributed by atoms with E-state index in [0.29, 0.717) is 13.0 Å². The van der Waals surface area contributed by atoms with E-state index in [2.05, 4.69) is 5.32 Å². The van der Waals surface area contributed by atoms with Crippen LogP contribution < -0.4 is 5.32 Å². The Morgan fingerprint density at radius 1 is 1.09 bits per heavy atom. The lowest BCUT2D eigenvalue weighted by atomic mass is 10.1. The summed E-state index contributed by atoms with van der Waals surface area (Å²) >= 11 is 0. The molecule has 2 saturated heterocycles. The second-order valence-corrected chi connectivity index (χ2v) is 6.10. The van der Waals surface area contributed by atoms with Crippen LogP contribution >= 0.6 is 0 Å². The summed E-state index contributed by atoms with van der Waals surface area (Å²) in [6, 6.07) is 7.78. The van der Waals surface area contributed by atoms with Gasteiger partial charge in [-0.2, -0.15) is 0 Å². The summed E-state index contributed by atoms with van der Waals surface area (Å²) in [7, 11) is 0. The molecule has 1 aromatic carbocycles. The van der Waals surface area contributed by atoms with E-state index in [1.54, 1.807) is 0 Å². The van der Waals surface area contributed by atoms with Crippen molar-refractivity contribution in [3.8, 4) is 0 Å². The number of hydrogen-bond acceptors (Lipinski definition) is 2. The predicted molar refractivity (Wildman–Crippen MR) is 85.5 cm³/mol. The van der Waals surface area contributed by atoms with Crippen molar-refractivity contribution in [2.24, 2.45) is 0 Å². The molecule has 1 N–H and O–H groups in total. The third-order valence-corrected chi connectivity index (χ3v) is 4.37. The lowest BCUT2D eigenvalue weighted by Gasteiger charge is -2.27. The Hall–Kier alpha value is -2.04. The third-order valence-electron chi connectivity index (χ3n) is 4.37. The first-order chi connectivity index (χ1) is 10.7. The zero-order valence-corrected chi connectivity index (χ0v) is 12.9. The molecule has 1 aromatic rings. The zero-order chi connectivity index (χ0) is 15.4. The van der Waals surface area contributed by atoms with E-state index in [1.165, 1.54) is 0 Å². The maximum Gasteiger partial charge on any atom is 0.321 e. The zero-order valence-electron chi connectivity index (χ0n) is 12.9. The molecule has 0 unspecified atom stereocenters. The predicted octanol–water partition coefficient (Wildman–Crippen LogP) is 2.83. The molecule has 2 aliphatic rings. The summed E-state index contributed by atoms with van der Waals surface area (Å²) in [4.78, 5) is 27.8. The highest BCUT2D eigenvalue weighted by atomic mass is 16.2. The largest absolute Gasteiger partial charge is 0.338 e. The summed E-state index contributed by atoms with van der Waals surface area (Å²) in [5.74, 6) is 0.234. The van der Waals surface area contributed by atoms with Crippen LogP contribution in [0.4, 0.5) is 10.5 Å². The number of nitrogens with one attached hydrogen (secondary N) is 1. The molecule has 2 fully saturated rings. The van der Waals surface area contributed by atoms with Gasteiger partial charge in [0.05, 0.1) is 0 Å². The Kier molecular flexibility index (Phi) is 4.61. The van der Waals surface area contributed by atoms with Crippen LogP contribution in [0, 0.1) is 0 Å². The minimum absolute atomic E-state index is 0.0244. The molecule has 0 aliphatic carbocycles. The fourth-order valence-electron chi connectivity index (χ4n) is 3.12. The average Bonchev–Trinajstić information content (AvgIpc) is 3.04. The molecule has 0 radical (unpaired) electrons. The van der Waals surface area contributed by atoms with Gasteiger partial charge in [0.2, 0.25) is 5.91 Å². The van der Waals surface area contributed by atoms with Gasteiger partial charge in [-0.1, -0.05) is 12.1 Å². The number of rotatable bonds is 3. The van der Waals surface area contributed by atoms with Gasteiger partial charge in [-0.05, 0) is 43.4 Å². The molecule has 0 saturated carbocycles. The first-order valence-corrected chi connectivity index (χ1v) is 8.15. The summed E-state index contributed by atoms with van der Waals surface area (Å²) in [5.41, 5.74) is 1.87. The number of anilines is 1. The summed E-state index contributed by atoms with van der Waals surface area (Å²) < 4.78 is 0. The van der Waals surface area contributed by atoms with Gasteiger partial charge in [0.25, 0.3) is 0 Å². The number of likely N-dealkylation sites (tertiary alicyclic amines) is 2. The smallest absolute Gasteiger partial charge is 0.321 e. The summed E-state index contributed by atoms with van der Waals surface area (Å²) in [6.45, 7) is 3.15. The lowest BCUT2D eigenvalue weighted by molar-refractivity contribution is -0.133. The number of nitrogens with zero attached hydrogens (tertiary/aromatic N) is 2. The highest BCUT2D eigenvalue weighted by Gasteiger charge is 2.19. The summed E-state index contributed by atoms with van der Waals surface area (Å²) in [6.07, 6.45) is 4.92. The van der Waals surface area contributed by atoms with E-state index in [-0.39, 0.29) is 11.9 Å². The van der Waals surface area contributed by atoms with E-state index in [4.69, 9.17) is 0 Å². The van der Waals surface area contributed by atoms with Crippen molar-refractivity contribution in [2.75, 3.05) is 25.0 Å². The second-order valence-electron chi connectivity index (χ2n) is 6.10. The number of carbonyl (C=O) groups excluding carboxylic acids is 2. The number of piperidine rings is 1. The minimum Gasteiger partial charge on any atom is -0.338 e. The van der Waals surface area contributed by atoms with Crippen LogP contribution in [0.25, 0.3) is 0 Å². The monoisotopic (exact) mass is 301 g/mol. The van der Waals surface area contributed by atoms with Crippen LogP contribution in [-0.4, -0.2) is 41.4 Å². The standard InChI is InChI=1S/C17H23N3O2/c21-16-8-1-2-11-20(16)13-14-6-5-7-15(12-14)18-17(22)19-9-3-4-10-19/h5-7,12H,1-4,8-11,13H2,(H,18,22). The normalized spacial score (nSPS) is 18.6. The molecule has 5 nitrogen and oxygen atoms in total. The summed E-state index contributed by atoms with van der Waals surface area (Å²) in [5, 5.41) is 2.96. The van der Waals surface area contributed by atoms with Gasteiger partial charge in [-0.3, -0.25) is 4.79 Å². The third kappa shape index (κ3) is 3.59. The molecule has 3 amide bonds. The highest BCUT2D eigenvalue weighted by Crippen LogP contribution is 2.18. The number of amides is 3. The Labute approximate surface area is 131 Å². The lowest BCUT2D eigenvalue weighted by Crippen LogP contribution is -2.34. The SMILES string of the molecule is O=C1CCCCN1Cc1cccc(NC(=O)N2CCCC2)c1. The van der Waals surface area contributed by atoms with Crippen LogP contribution in [-0.2, 0) is 11.3 Å². The van der Waals surface area contributed by atoms with Crippen molar-refractivity contribution >= 4 is 17.6 Å². The van der Waals surface area contributed by atoms with Crippen molar-refractivity contribution in [3.63, 3.8) is 0 Å². The number of carbonyl (C=O) groups is 2. The molecule has 0 aromatic heterocycles. The van der Waals surface area contributed by atoms with Gasteiger partial charge in [-0.15, -0.1) is 0 Å². The molecule has 0 atom stereocenters. The van der Waals surface area contributed by atoms with Crippen molar-refractivity contribution in [2.45, 2.75) is 38.6 Å². The van der Waals surface area contributed by atoms with E-state index in [9.17, 15) is 9.59 Å². The molecule has 118 valence electrons. The molecule has 2 aliphatic heterocycles. The van der Waals surface area contributed by atoms with Crippen molar-refractivity contribution in [1.82, 2.24) is 9.80 Å². The first-order valence-electron chi connectivity index (χ1n) is 8.15. The molecular weight excluding hydrogens is 278 g/mol. The van der Waals surface area contributed by atoms with Crippen molar-refractivity contribution in [3.05, 3.63) is 29.8 Å². The highest BCUT2D eigenvalue weighted by molar-refractivity contribution is 5.89. The van der Waals surface area contributed by atoms with Crippen molar-refractivity contribution < 1.29 is 9.59 Å². The molecule has 0 spiro atoms. The number of urea groups is 1. The molecule has 3 rings (SSSR count). The molecule has 5 heteroatoms. The van der Waals surface area contributed by atoms with Crippen LogP contribution in [0.5, 0.6) is 0 Å². The molecule has 0 bridgehead atoms. The molecular formula is C17H23N3O2. The van der Waals surface area contributed by atoms with Gasteiger partial charge in [-0.25, -0.2) is 4.79 Å². The van der Waals surface area contributed by atoms with Crippen molar-refractivity contribution in [1.29, 1.82) is 0 Å². The maximum absolute atomic E-state index is 12.1. The Morgan fingerprint density at radius 3 is 2.64 bits per heavy atom. The van der Waals surface area contributed by atoms with Crippen LogP contribution in [0.3, 0.4) is 0 Å². The second kappa shape index (κ2) is 6.81. The average molecular weight is 301 g/mol. The van der Waals surface area contributed by atoms with E-state index in [0.717, 1.165) is 56.6 Å². The molecule has 22 heavy (non-hydrogen) atoms. The van der Waals surface area contributed by atoms with Crippen LogP contribution in [0.1, 0.15) is 37.7 Å². The Morgan fingerprint density at radius 2 is 1.86 bits per heavy atom. The topological polar surface area (TPSA) is 52.7 Å². The van der Waals surface area contributed by atoms with Gasteiger partial charge in [0.1, 0.15) is 0 Å². The maximum atomic E-state index is 12.1. The number of benzene rings is 1. The fourth-order valence-corrected chi connectivity index (χ4v) is 3.12.